The van der Waals surface area contributed by atoms with Crippen LogP contribution in [0.5, 0.6) is 0 Å². The second-order valence-corrected chi connectivity index (χ2v) is 8.60. The van der Waals surface area contributed by atoms with Crippen molar-refractivity contribution in [2.75, 3.05) is 19.7 Å². The molecule has 2 aromatic heterocycles. The maximum atomic E-state index is 13.7. The standard InChI is InChI=1S/C28H36N2O5/c1-4-10-26(28(32)33-5-2)30(19-24-13-9-18-34-24)21-27(31)29(20-25-15-14-22(3)35-25)17-16-23-11-7-6-8-12-23/h6-9,11-15,18,26H,4-5,10,16-17,19-21H2,1-3H3/t26-/m0/s1. The normalized spacial score (nSPS) is 12.0. The van der Waals surface area contributed by atoms with Crippen LogP contribution < -0.4 is 0 Å². The molecule has 0 aliphatic carbocycles. The van der Waals surface area contributed by atoms with Crippen LogP contribution in [0.3, 0.4) is 0 Å². The molecule has 1 amide bonds. The van der Waals surface area contributed by atoms with Gasteiger partial charge in [0.1, 0.15) is 23.3 Å². The lowest BCUT2D eigenvalue weighted by molar-refractivity contribution is -0.151. The van der Waals surface area contributed by atoms with E-state index in [1.165, 1.54) is 0 Å². The fraction of sp³-hybridized carbons (Fsp3) is 0.429. The highest BCUT2D eigenvalue weighted by atomic mass is 16.5. The van der Waals surface area contributed by atoms with Gasteiger partial charge < -0.3 is 18.5 Å². The summed E-state index contributed by atoms with van der Waals surface area (Å²) in [6.45, 7) is 7.31. The van der Waals surface area contributed by atoms with Crippen LogP contribution in [0.1, 0.15) is 49.5 Å². The minimum absolute atomic E-state index is 0.0681. The second-order valence-electron chi connectivity index (χ2n) is 8.60. The van der Waals surface area contributed by atoms with Gasteiger partial charge in [-0.05, 0) is 56.5 Å². The quantitative estimate of drug-likeness (QED) is 0.303. The molecule has 0 aliphatic heterocycles. The van der Waals surface area contributed by atoms with Crippen molar-refractivity contribution in [3.05, 3.63) is 83.7 Å². The van der Waals surface area contributed by atoms with Crippen molar-refractivity contribution in [3.63, 3.8) is 0 Å². The number of carbonyl (C=O) groups is 2. The number of benzene rings is 1. The van der Waals surface area contributed by atoms with Crippen LogP contribution in [0.15, 0.2) is 69.7 Å². The molecule has 0 saturated carbocycles. The van der Waals surface area contributed by atoms with Crippen LogP contribution in [0.25, 0.3) is 0 Å². The number of hydrogen-bond acceptors (Lipinski definition) is 6. The van der Waals surface area contributed by atoms with E-state index in [2.05, 4.69) is 12.1 Å². The van der Waals surface area contributed by atoms with E-state index in [1.807, 2.05) is 55.1 Å². The van der Waals surface area contributed by atoms with Crippen molar-refractivity contribution < 1.29 is 23.2 Å². The molecule has 7 heteroatoms. The lowest BCUT2D eigenvalue weighted by Gasteiger charge is -2.31. The Hall–Kier alpha value is -3.32. The smallest absolute Gasteiger partial charge is 0.323 e. The molecule has 188 valence electrons. The summed E-state index contributed by atoms with van der Waals surface area (Å²) < 4.78 is 16.7. The molecule has 0 radical (unpaired) electrons. The SMILES string of the molecule is CCC[C@@H](C(=O)OCC)N(CC(=O)N(CCc1ccccc1)Cc1ccc(C)o1)Cc1ccco1. The Kier molecular flexibility index (Phi) is 10.2. The van der Waals surface area contributed by atoms with Gasteiger partial charge in [-0.2, -0.15) is 0 Å². The zero-order valence-electron chi connectivity index (χ0n) is 20.9. The van der Waals surface area contributed by atoms with Gasteiger partial charge in [0.25, 0.3) is 0 Å². The van der Waals surface area contributed by atoms with E-state index in [1.54, 1.807) is 24.2 Å². The van der Waals surface area contributed by atoms with Crippen molar-refractivity contribution in [1.82, 2.24) is 9.80 Å². The van der Waals surface area contributed by atoms with Crippen LogP contribution >= 0.6 is 0 Å². The van der Waals surface area contributed by atoms with Crippen molar-refractivity contribution in [2.45, 2.75) is 59.2 Å². The van der Waals surface area contributed by atoms with Crippen LogP contribution in [0.4, 0.5) is 0 Å². The number of nitrogens with zero attached hydrogens (tertiary/aromatic N) is 2. The fourth-order valence-electron chi connectivity index (χ4n) is 4.07. The first-order valence-electron chi connectivity index (χ1n) is 12.3. The van der Waals surface area contributed by atoms with E-state index in [0.29, 0.717) is 38.4 Å². The molecule has 7 nitrogen and oxygen atoms in total. The van der Waals surface area contributed by atoms with Gasteiger partial charge in [0.2, 0.25) is 5.91 Å². The predicted molar refractivity (Wildman–Crippen MR) is 133 cm³/mol. The van der Waals surface area contributed by atoms with E-state index in [4.69, 9.17) is 13.6 Å². The molecule has 1 aromatic carbocycles. The first-order chi connectivity index (χ1) is 17.0. The number of carbonyl (C=O) groups excluding carboxylic acids is 2. The molecule has 0 fully saturated rings. The van der Waals surface area contributed by atoms with Crippen LogP contribution in [0.2, 0.25) is 0 Å². The molecular formula is C28H36N2O5. The molecule has 0 unspecified atom stereocenters. The molecule has 35 heavy (non-hydrogen) atoms. The minimum Gasteiger partial charge on any atom is -0.468 e. The number of amides is 1. The number of ether oxygens (including phenoxy) is 1. The fourth-order valence-corrected chi connectivity index (χ4v) is 4.07. The molecule has 3 aromatic rings. The van der Waals surface area contributed by atoms with Gasteiger partial charge in [0.15, 0.2) is 0 Å². The Labute approximate surface area is 207 Å². The molecule has 3 rings (SSSR count). The highest BCUT2D eigenvalue weighted by Crippen LogP contribution is 2.17. The van der Waals surface area contributed by atoms with Crippen LogP contribution in [0, 0.1) is 6.92 Å². The van der Waals surface area contributed by atoms with Gasteiger partial charge in [-0.25, -0.2) is 0 Å². The average molecular weight is 481 g/mol. The van der Waals surface area contributed by atoms with Crippen molar-refractivity contribution in [2.24, 2.45) is 0 Å². The third kappa shape index (κ3) is 8.14. The van der Waals surface area contributed by atoms with Gasteiger partial charge in [0, 0.05) is 6.54 Å². The van der Waals surface area contributed by atoms with Gasteiger partial charge in [-0.1, -0.05) is 43.7 Å². The van der Waals surface area contributed by atoms with E-state index < -0.39 is 6.04 Å². The molecule has 0 spiro atoms. The van der Waals surface area contributed by atoms with Gasteiger partial charge in [-0.15, -0.1) is 0 Å². The molecule has 2 heterocycles. The highest BCUT2D eigenvalue weighted by Gasteiger charge is 2.30. The third-order valence-electron chi connectivity index (χ3n) is 5.85. The Bertz CT molecular complexity index is 1030. The van der Waals surface area contributed by atoms with Crippen LogP contribution in [-0.4, -0.2) is 47.4 Å². The average Bonchev–Trinajstić information content (AvgIpc) is 3.52. The van der Waals surface area contributed by atoms with E-state index in [9.17, 15) is 9.59 Å². The number of esters is 1. The zero-order valence-corrected chi connectivity index (χ0v) is 20.9. The van der Waals surface area contributed by atoms with Gasteiger partial charge >= 0.3 is 5.97 Å². The maximum Gasteiger partial charge on any atom is 0.323 e. The Morgan fingerprint density at radius 1 is 0.971 bits per heavy atom. The summed E-state index contributed by atoms with van der Waals surface area (Å²) in [6.07, 6.45) is 3.70. The Morgan fingerprint density at radius 3 is 2.40 bits per heavy atom. The molecule has 0 N–H and O–H groups in total. The number of rotatable bonds is 14. The zero-order chi connectivity index (χ0) is 25.0. The lowest BCUT2D eigenvalue weighted by Crippen LogP contribution is -2.48. The van der Waals surface area contributed by atoms with Crippen molar-refractivity contribution in [1.29, 1.82) is 0 Å². The summed E-state index contributed by atoms with van der Waals surface area (Å²) in [4.78, 5) is 30.2. The van der Waals surface area contributed by atoms with E-state index in [0.717, 1.165) is 29.9 Å². The predicted octanol–water partition coefficient (Wildman–Crippen LogP) is 4.99. The number of hydrogen-bond donors (Lipinski definition) is 0. The summed E-state index contributed by atoms with van der Waals surface area (Å²) in [5.74, 6) is 1.84. The summed E-state index contributed by atoms with van der Waals surface area (Å²) in [5, 5.41) is 0. The summed E-state index contributed by atoms with van der Waals surface area (Å²) in [6, 6.07) is 17.0. The Balaban J connectivity index is 1.80. The molecule has 0 bridgehead atoms. The lowest BCUT2D eigenvalue weighted by atomic mass is 10.1. The number of aryl methyl sites for hydroxylation is 1. The largest absolute Gasteiger partial charge is 0.468 e. The minimum atomic E-state index is -0.532. The molecule has 1 atom stereocenters. The maximum absolute atomic E-state index is 13.7. The first-order valence-corrected chi connectivity index (χ1v) is 12.3. The van der Waals surface area contributed by atoms with E-state index in [-0.39, 0.29) is 18.4 Å². The number of furan rings is 2. The highest BCUT2D eigenvalue weighted by molar-refractivity contribution is 5.80. The third-order valence-corrected chi connectivity index (χ3v) is 5.85. The van der Waals surface area contributed by atoms with Crippen molar-refractivity contribution >= 4 is 11.9 Å². The topological polar surface area (TPSA) is 76.1 Å². The Morgan fingerprint density at radius 2 is 1.77 bits per heavy atom. The van der Waals surface area contributed by atoms with Crippen molar-refractivity contribution in [3.8, 4) is 0 Å². The second kappa shape index (κ2) is 13.5. The summed E-state index contributed by atoms with van der Waals surface area (Å²) in [7, 11) is 0. The van der Waals surface area contributed by atoms with E-state index >= 15 is 0 Å². The monoisotopic (exact) mass is 480 g/mol. The van der Waals surface area contributed by atoms with Crippen LogP contribution in [-0.2, 0) is 33.8 Å². The molecule has 0 saturated heterocycles. The molecule has 0 aliphatic rings. The summed E-state index contributed by atoms with van der Waals surface area (Å²) in [5.41, 5.74) is 1.16. The van der Waals surface area contributed by atoms with Gasteiger partial charge in [0.05, 0.1) is 32.5 Å². The molecular weight excluding hydrogens is 444 g/mol. The van der Waals surface area contributed by atoms with Gasteiger partial charge in [-0.3, -0.25) is 14.5 Å². The first kappa shape index (κ1) is 26.3. The summed E-state index contributed by atoms with van der Waals surface area (Å²) >= 11 is 0.